The van der Waals surface area contributed by atoms with Gasteiger partial charge in [0.1, 0.15) is 12.1 Å². The second kappa shape index (κ2) is 13.5. The molecule has 154 valence electrons. The van der Waals surface area contributed by atoms with E-state index in [4.69, 9.17) is 10.2 Å². The number of carboxylic acids is 2. The maximum Gasteiger partial charge on any atom is 0.326 e. The molecule has 0 bridgehead atoms. The normalized spacial score (nSPS) is 12.5. The molecular formula is C17H29N3O7. The van der Waals surface area contributed by atoms with Gasteiger partial charge in [0.15, 0.2) is 0 Å². The first-order chi connectivity index (χ1) is 12.7. The molecule has 5 N–H and O–H groups in total. The van der Waals surface area contributed by atoms with Crippen LogP contribution in [0.25, 0.3) is 0 Å². The van der Waals surface area contributed by atoms with Crippen molar-refractivity contribution in [2.75, 3.05) is 6.54 Å². The molecule has 0 aliphatic heterocycles. The fraction of sp³-hybridized carbons (Fsp3) is 0.706. The van der Waals surface area contributed by atoms with E-state index in [2.05, 4.69) is 16.0 Å². The molecular weight excluding hydrogens is 358 g/mol. The SMILES string of the molecule is CCCC(NC(=O)CCCCNC(=O)CCC(NC(C)=O)C(=O)O)C(=O)O. The van der Waals surface area contributed by atoms with E-state index in [1.54, 1.807) is 0 Å². The minimum atomic E-state index is -1.20. The summed E-state index contributed by atoms with van der Waals surface area (Å²) in [5, 5.41) is 25.2. The first kappa shape index (κ1) is 24.4. The third kappa shape index (κ3) is 12.4. The van der Waals surface area contributed by atoms with Crippen molar-refractivity contribution in [2.24, 2.45) is 0 Å². The minimum absolute atomic E-state index is 0.0167. The van der Waals surface area contributed by atoms with Crippen molar-refractivity contribution in [1.29, 1.82) is 0 Å². The first-order valence-electron chi connectivity index (χ1n) is 8.96. The van der Waals surface area contributed by atoms with Crippen LogP contribution in [-0.4, -0.2) is 58.5 Å². The van der Waals surface area contributed by atoms with Crippen molar-refractivity contribution in [1.82, 2.24) is 16.0 Å². The van der Waals surface area contributed by atoms with Crippen molar-refractivity contribution in [3.8, 4) is 0 Å². The van der Waals surface area contributed by atoms with Gasteiger partial charge in [-0.3, -0.25) is 14.4 Å². The number of carboxylic acid groups (broad SMARTS) is 2. The molecule has 0 aromatic heterocycles. The average molecular weight is 387 g/mol. The van der Waals surface area contributed by atoms with Gasteiger partial charge in [-0.05, 0) is 25.7 Å². The molecule has 0 heterocycles. The summed E-state index contributed by atoms with van der Waals surface area (Å²) in [6.07, 6.45) is 2.12. The van der Waals surface area contributed by atoms with Gasteiger partial charge in [0, 0.05) is 26.3 Å². The number of nitrogens with one attached hydrogen (secondary N) is 3. The standard InChI is InChI=1S/C17H29N3O7/c1-3-6-12(16(24)25)20-15(23)7-4-5-10-18-14(22)9-8-13(17(26)27)19-11(2)21/h12-13H,3-10H2,1-2H3,(H,18,22)(H,19,21)(H,20,23)(H,24,25)(H,26,27). The van der Waals surface area contributed by atoms with Gasteiger partial charge in [-0.1, -0.05) is 13.3 Å². The molecule has 3 amide bonds. The number of rotatable bonds is 14. The molecule has 2 atom stereocenters. The van der Waals surface area contributed by atoms with Crippen LogP contribution in [0.2, 0.25) is 0 Å². The number of unbranched alkanes of at least 4 members (excludes halogenated alkanes) is 1. The maximum atomic E-state index is 11.7. The van der Waals surface area contributed by atoms with Crippen molar-refractivity contribution in [2.45, 2.75) is 70.9 Å². The molecule has 0 spiro atoms. The average Bonchev–Trinajstić information content (AvgIpc) is 2.57. The lowest BCUT2D eigenvalue weighted by Crippen LogP contribution is -2.40. The summed E-state index contributed by atoms with van der Waals surface area (Å²) in [5.41, 5.74) is 0. The van der Waals surface area contributed by atoms with Gasteiger partial charge >= 0.3 is 11.9 Å². The van der Waals surface area contributed by atoms with Gasteiger partial charge < -0.3 is 26.2 Å². The monoisotopic (exact) mass is 387 g/mol. The second-order valence-electron chi connectivity index (χ2n) is 6.18. The van der Waals surface area contributed by atoms with Crippen LogP contribution in [0.1, 0.15) is 58.8 Å². The van der Waals surface area contributed by atoms with Crippen molar-refractivity contribution >= 4 is 29.7 Å². The fourth-order valence-corrected chi connectivity index (χ4v) is 2.32. The minimum Gasteiger partial charge on any atom is -0.480 e. The molecule has 10 heteroatoms. The Morgan fingerprint density at radius 1 is 0.815 bits per heavy atom. The number of hydrogen-bond acceptors (Lipinski definition) is 5. The van der Waals surface area contributed by atoms with Gasteiger partial charge in [0.2, 0.25) is 17.7 Å². The highest BCUT2D eigenvalue weighted by atomic mass is 16.4. The van der Waals surface area contributed by atoms with Crippen LogP contribution in [0.5, 0.6) is 0 Å². The molecule has 27 heavy (non-hydrogen) atoms. The number of carbonyl (C=O) groups excluding carboxylic acids is 3. The highest BCUT2D eigenvalue weighted by molar-refractivity contribution is 5.84. The van der Waals surface area contributed by atoms with Crippen LogP contribution in [0.4, 0.5) is 0 Å². The lowest BCUT2D eigenvalue weighted by Gasteiger charge is -2.14. The molecule has 0 radical (unpaired) electrons. The second-order valence-corrected chi connectivity index (χ2v) is 6.18. The molecule has 0 saturated heterocycles. The van der Waals surface area contributed by atoms with Crippen LogP contribution in [0.3, 0.4) is 0 Å². The lowest BCUT2D eigenvalue weighted by atomic mass is 10.1. The summed E-state index contributed by atoms with van der Waals surface area (Å²) in [4.78, 5) is 56.2. The third-order valence-corrected chi connectivity index (χ3v) is 3.70. The molecule has 10 nitrogen and oxygen atoms in total. The molecule has 0 aliphatic rings. The van der Waals surface area contributed by atoms with E-state index < -0.39 is 29.9 Å². The van der Waals surface area contributed by atoms with E-state index >= 15 is 0 Å². The summed E-state index contributed by atoms with van der Waals surface area (Å²) in [6.45, 7) is 3.36. The highest BCUT2D eigenvalue weighted by Gasteiger charge is 2.20. The lowest BCUT2D eigenvalue weighted by molar-refractivity contribution is -0.142. The summed E-state index contributed by atoms with van der Waals surface area (Å²) >= 11 is 0. The topological polar surface area (TPSA) is 162 Å². The Morgan fingerprint density at radius 2 is 1.41 bits per heavy atom. The van der Waals surface area contributed by atoms with Crippen molar-refractivity contribution < 1.29 is 34.2 Å². The summed E-state index contributed by atoms with van der Waals surface area (Å²) in [7, 11) is 0. The molecule has 0 fully saturated rings. The van der Waals surface area contributed by atoms with Crippen molar-refractivity contribution in [3.63, 3.8) is 0 Å². The zero-order valence-corrected chi connectivity index (χ0v) is 15.7. The maximum absolute atomic E-state index is 11.7. The van der Waals surface area contributed by atoms with Gasteiger partial charge in [0.25, 0.3) is 0 Å². The smallest absolute Gasteiger partial charge is 0.326 e. The van der Waals surface area contributed by atoms with Crippen molar-refractivity contribution in [3.05, 3.63) is 0 Å². The number of carbonyl (C=O) groups is 5. The first-order valence-corrected chi connectivity index (χ1v) is 8.96. The summed E-state index contributed by atoms with van der Waals surface area (Å²) < 4.78 is 0. The van der Waals surface area contributed by atoms with Crippen LogP contribution in [0, 0.1) is 0 Å². The molecule has 0 saturated carbocycles. The van der Waals surface area contributed by atoms with E-state index in [9.17, 15) is 24.0 Å². The predicted molar refractivity (Wildman–Crippen MR) is 95.8 cm³/mol. The fourth-order valence-electron chi connectivity index (χ4n) is 2.32. The zero-order chi connectivity index (χ0) is 20.8. The Kier molecular flexibility index (Phi) is 12.2. The quantitative estimate of drug-likeness (QED) is 0.262. The third-order valence-electron chi connectivity index (χ3n) is 3.70. The molecule has 0 aliphatic carbocycles. The molecule has 2 unspecified atom stereocenters. The van der Waals surface area contributed by atoms with E-state index in [0.717, 1.165) is 0 Å². The van der Waals surface area contributed by atoms with E-state index in [1.165, 1.54) is 6.92 Å². The number of hydrogen-bond donors (Lipinski definition) is 5. The van der Waals surface area contributed by atoms with E-state index in [1.807, 2.05) is 6.92 Å². The summed E-state index contributed by atoms with van der Waals surface area (Å²) in [6, 6.07) is -1.99. The molecule has 0 aromatic rings. The van der Waals surface area contributed by atoms with Gasteiger partial charge in [-0.15, -0.1) is 0 Å². The molecule has 0 rings (SSSR count). The predicted octanol–water partition coefficient (Wildman–Crippen LogP) is 0.0119. The van der Waals surface area contributed by atoms with E-state index in [0.29, 0.717) is 32.2 Å². The van der Waals surface area contributed by atoms with E-state index in [-0.39, 0.29) is 31.1 Å². The van der Waals surface area contributed by atoms with Gasteiger partial charge in [-0.2, -0.15) is 0 Å². The Morgan fingerprint density at radius 3 is 1.93 bits per heavy atom. The van der Waals surface area contributed by atoms with Gasteiger partial charge in [-0.25, -0.2) is 9.59 Å². The zero-order valence-electron chi connectivity index (χ0n) is 15.7. The van der Waals surface area contributed by atoms with Crippen LogP contribution in [-0.2, 0) is 24.0 Å². The Balaban J connectivity index is 3.95. The number of aliphatic carboxylic acids is 2. The largest absolute Gasteiger partial charge is 0.480 e. The Labute approximate surface area is 158 Å². The van der Waals surface area contributed by atoms with Gasteiger partial charge in [0.05, 0.1) is 0 Å². The number of amides is 3. The van der Waals surface area contributed by atoms with Crippen LogP contribution in [0.15, 0.2) is 0 Å². The highest BCUT2D eigenvalue weighted by Crippen LogP contribution is 2.01. The Bertz CT molecular complexity index is 537. The molecule has 0 aromatic carbocycles. The summed E-state index contributed by atoms with van der Waals surface area (Å²) in [5.74, 6) is -3.43. The van der Waals surface area contributed by atoms with Crippen LogP contribution < -0.4 is 16.0 Å². The van der Waals surface area contributed by atoms with Crippen LogP contribution >= 0.6 is 0 Å². The Hall–Kier alpha value is -2.65.